The van der Waals surface area contributed by atoms with Crippen molar-refractivity contribution in [2.24, 2.45) is 0 Å². The SMILES string of the molecule is O=C(CCNC(=O)N1CCC(F)(F)C1)N1CCCCCC1. The third kappa shape index (κ3) is 4.82. The van der Waals surface area contributed by atoms with E-state index in [1.165, 1.54) is 0 Å². The summed E-state index contributed by atoms with van der Waals surface area (Å²) in [6, 6.07) is -0.504. The minimum Gasteiger partial charge on any atom is -0.343 e. The van der Waals surface area contributed by atoms with Crippen LogP contribution < -0.4 is 5.32 Å². The first-order chi connectivity index (χ1) is 9.98. The molecular weight excluding hydrogens is 280 g/mol. The molecule has 0 saturated carbocycles. The molecule has 2 rings (SSSR count). The number of carbonyl (C=O) groups excluding carboxylic acids is 2. The second-order valence-electron chi connectivity index (χ2n) is 5.80. The van der Waals surface area contributed by atoms with Gasteiger partial charge in [0, 0.05) is 39.0 Å². The van der Waals surface area contributed by atoms with Gasteiger partial charge in [0.2, 0.25) is 5.91 Å². The number of hydrogen-bond acceptors (Lipinski definition) is 2. The van der Waals surface area contributed by atoms with E-state index in [-0.39, 0.29) is 31.8 Å². The van der Waals surface area contributed by atoms with Gasteiger partial charge in [-0.3, -0.25) is 4.79 Å². The first kappa shape index (κ1) is 16.0. The zero-order valence-corrected chi connectivity index (χ0v) is 12.2. The van der Waals surface area contributed by atoms with Crippen LogP contribution in [-0.2, 0) is 4.79 Å². The van der Waals surface area contributed by atoms with Gasteiger partial charge in [0.1, 0.15) is 0 Å². The van der Waals surface area contributed by atoms with Crippen LogP contribution in [0.2, 0.25) is 0 Å². The Morgan fingerprint density at radius 3 is 2.24 bits per heavy atom. The maximum absolute atomic E-state index is 13.0. The van der Waals surface area contributed by atoms with Crippen molar-refractivity contribution in [1.29, 1.82) is 0 Å². The molecule has 0 aromatic carbocycles. The third-order valence-electron chi connectivity index (χ3n) is 4.03. The van der Waals surface area contributed by atoms with Crippen LogP contribution in [-0.4, -0.2) is 60.4 Å². The number of nitrogens with one attached hydrogen (secondary N) is 1. The molecule has 21 heavy (non-hydrogen) atoms. The van der Waals surface area contributed by atoms with Gasteiger partial charge in [0.05, 0.1) is 6.54 Å². The normalized spacial score (nSPS) is 22.0. The van der Waals surface area contributed by atoms with Crippen molar-refractivity contribution >= 4 is 11.9 Å². The molecule has 0 radical (unpaired) electrons. The van der Waals surface area contributed by atoms with E-state index in [1.807, 2.05) is 4.90 Å². The van der Waals surface area contributed by atoms with Crippen LogP contribution in [0.5, 0.6) is 0 Å². The molecule has 2 aliphatic rings. The van der Waals surface area contributed by atoms with Gasteiger partial charge < -0.3 is 15.1 Å². The van der Waals surface area contributed by atoms with Gasteiger partial charge in [-0.25, -0.2) is 13.6 Å². The Kier molecular flexibility index (Phi) is 5.36. The summed E-state index contributed by atoms with van der Waals surface area (Å²) < 4.78 is 26.0. The van der Waals surface area contributed by atoms with E-state index in [4.69, 9.17) is 0 Å². The maximum Gasteiger partial charge on any atom is 0.317 e. The molecule has 7 heteroatoms. The lowest BCUT2D eigenvalue weighted by Gasteiger charge is -2.21. The molecule has 5 nitrogen and oxygen atoms in total. The minimum atomic E-state index is -2.78. The Bertz CT molecular complexity index is 366. The maximum atomic E-state index is 13.0. The summed E-state index contributed by atoms with van der Waals surface area (Å²) in [6.45, 7) is 1.31. The van der Waals surface area contributed by atoms with E-state index in [2.05, 4.69) is 5.32 Å². The molecule has 2 fully saturated rings. The number of carbonyl (C=O) groups is 2. The Hall–Kier alpha value is -1.40. The fourth-order valence-electron chi connectivity index (χ4n) is 2.78. The van der Waals surface area contributed by atoms with Gasteiger partial charge >= 0.3 is 6.03 Å². The number of halogens is 2. The molecule has 2 saturated heterocycles. The molecule has 1 N–H and O–H groups in total. The highest BCUT2D eigenvalue weighted by molar-refractivity contribution is 5.78. The third-order valence-corrected chi connectivity index (χ3v) is 4.03. The first-order valence-corrected chi connectivity index (χ1v) is 7.66. The first-order valence-electron chi connectivity index (χ1n) is 7.66. The summed E-state index contributed by atoms with van der Waals surface area (Å²) in [7, 11) is 0. The summed E-state index contributed by atoms with van der Waals surface area (Å²) in [5.41, 5.74) is 0. The van der Waals surface area contributed by atoms with Crippen LogP contribution >= 0.6 is 0 Å². The van der Waals surface area contributed by atoms with E-state index >= 15 is 0 Å². The lowest BCUT2D eigenvalue weighted by atomic mass is 10.2. The van der Waals surface area contributed by atoms with Crippen LogP contribution in [0.25, 0.3) is 0 Å². The van der Waals surface area contributed by atoms with Crippen molar-refractivity contribution in [2.45, 2.75) is 44.4 Å². The molecular formula is C14H23F2N3O2. The largest absolute Gasteiger partial charge is 0.343 e. The van der Waals surface area contributed by atoms with Gasteiger partial charge in [0.25, 0.3) is 5.92 Å². The molecule has 0 spiro atoms. The molecule has 2 aliphatic heterocycles. The fraction of sp³-hybridized carbons (Fsp3) is 0.857. The molecule has 2 heterocycles. The number of nitrogens with zero attached hydrogens (tertiary/aromatic N) is 2. The van der Waals surface area contributed by atoms with Gasteiger partial charge in [-0.05, 0) is 12.8 Å². The van der Waals surface area contributed by atoms with Crippen LogP contribution in [0, 0.1) is 0 Å². The number of rotatable bonds is 3. The number of likely N-dealkylation sites (tertiary alicyclic amines) is 2. The van der Waals surface area contributed by atoms with Crippen LogP contribution in [0.3, 0.4) is 0 Å². The van der Waals surface area contributed by atoms with E-state index in [9.17, 15) is 18.4 Å². The summed E-state index contributed by atoms with van der Waals surface area (Å²) in [6.07, 6.45) is 4.32. The van der Waals surface area contributed by atoms with Gasteiger partial charge in [-0.15, -0.1) is 0 Å². The van der Waals surface area contributed by atoms with Crippen LogP contribution in [0.1, 0.15) is 38.5 Å². The van der Waals surface area contributed by atoms with Crippen molar-refractivity contribution in [3.05, 3.63) is 0 Å². The second-order valence-corrected chi connectivity index (χ2v) is 5.80. The van der Waals surface area contributed by atoms with E-state index in [1.54, 1.807) is 0 Å². The van der Waals surface area contributed by atoms with Crippen LogP contribution in [0.4, 0.5) is 13.6 Å². The topological polar surface area (TPSA) is 52.7 Å². The molecule has 0 atom stereocenters. The molecule has 0 bridgehead atoms. The van der Waals surface area contributed by atoms with Gasteiger partial charge in [-0.1, -0.05) is 12.8 Å². The summed E-state index contributed by atoms with van der Waals surface area (Å²) in [5.74, 6) is -2.75. The second kappa shape index (κ2) is 7.04. The lowest BCUT2D eigenvalue weighted by molar-refractivity contribution is -0.131. The Labute approximate surface area is 123 Å². The monoisotopic (exact) mass is 303 g/mol. The van der Waals surface area contributed by atoms with Crippen molar-refractivity contribution in [3.8, 4) is 0 Å². The Morgan fingerprint density at radius 1 is 1.00 bits per heavy atom. The lowest BCUT2D eigenvalue weighted by Crippen LogP contribution is -2.41. The summed E-state index contributed by atoms with van der Waals surface area (Å²) >= 11 is 0. The Morgan fingerprint density at radius 2 is 1.67 bits per heavy atom. The quantitative estimate of drug-likeness (QED) is 0.865. The van der Waals surface area contributed by atoms with Crippen LogP contribution in [0.15, 0.2) is 0 Å². The fourth-order valence-corrected chi connectivity index (χ4v) is 2.78. The van der Waals surface area contributed by atoms with Gasteiger partial charge in [-0.2, -0.15) is 0 Å². The summed E-state index contributed by atoms with van der Waals surface area (Å²) in [5, 5.41) is 2.55. The van der Waals surface area contributed by atoms with Crippen molar-refractivity contribution in [1.82, 2.24) is 15.1 Å². The molecule has 0 aliphatic carbocycles. The molecule has 120 valence electrons. The predicted octanol–water partition coefficient (Wildman–Crippen LogP) is 1.83. The zero-order valence-electron chi connectivity index (χ0n) is 12.2. The highest BCUT2D eigenvalue weighted by Crippen LogP contribution is 2.26. The number of hydrogen-bond donors (Lipinski definition) is 1. The van der Waals surface area contributed by atoms with Crippen molar-refractivity contribution in [2.75, 3.05) is 32.7 Å². The average molecular weight is 303 g/mol. The number of alkyl halides is 2. The highest BCUT2D eigenvalue weighted by Gasteiger charge is 2.40. The van der Waals surface area contributed by atoms with Crippen molar-refractivity contribution in [3.63, 3.8) is 0 Å². The van der Waals surface area contributed by atoms with E-state index < -0.39 is 18.5 Å². The average Bonchev–Trinajstić information content (AvgIpc) is 2.66. The molecule has 3 amide bonds. The minimum absolute atomic E-state index is 0.0314. The summed E-state index contributed by atoms with van der Waals surface area (Å²) in [4.78, 5) is 26.6. The predicted molar refractivity (Wildman–Crippen MR) is 74.2 cm³/mol. The smallest absolute Gasteiger partial charge is 0.317 e. The van der Waals surface area contributed by atoms with Gasteiger partial charge in [0.15, 0.2) is 0 Å². The zero-order chi connectivity index (χ0) is 15.3. The number of amides is 3. The molecule has 0 aromatic rings. The highest BCUT2D eigenvalue weighted by atomic mass is 19.3. The van der Waals surface area contributed by atoms with E-state index in [0.717, 1.165) is 43.7 Å². The standard InChI is InChI=1S/C14H23F2N3O2/c15-14(16)6-10-19(11-14)13(21)17-7-5-12(20)18-8-3-1-2-4-9-18/h1-11H2,(H,17,21). The molecule has 0 unspecified atom stereocenters. The Balaban J connectivity index is 1.66. The van der Waals surface area contributed by atoms with Crippen molar-refractivity contribution < 1.29 is 18.4 Å². The molecule has 0 aromatic heterocycles. The number of urea groups is 1. The van der Waals surface area contributed by atoms with E-state index in [0.29, 0.717) is 0 Å².